The molecule has 114 valence electrons. The van der Waals surface area contributed by atoms with Gasteiger partial charge in [-0.05, 0) is 12.8 Å². The molecule has 0 radical (unpaired) electrons. The average molecular weight is 304 g/mol. The summed E-state index contributed by atoms with van der Waals surface area (Å²) in [5.74, 6) is -1.34. The van der Waals surface area contributed by atoms with E-state index in [1.807, 2.05) is 0 Å². The van der Waals surface area contributed by atoms with Gasteiger partial charge in [-0.25, -0.2) is 4.79 Å². The third-order valence-corrected chi connectivity index (χ3v) is 3.78. The molecule has 0 aromatic carbocycles. The zero-order chi connectivity index (χ0) is 15.0. The molecule has 1 aliphatic heterocycles. The normalized spacial score (nSPS) is 19.4. The van der Waals surface area contributed by atoms with Crippen LogP contribution in [0.1, 0.15) is 19.8 Å². The summed E-state index contributed by atoms with van der Waals surface area (Å²) in [5, 5.41) is 14.0. The lowest BCUT2D eigenvalue weighted by Crippen LogP contribution is -2.42. The maximum atomic E-state index is 11.6. The van der Waals surface area contributed by atoms with E-state index in [1.54, 1.807) is 0 Å². The molecular weight excluding hydrogens is 284 g/mol. The van der Waals surface area contributed by atoms with Gasteiger partial charge in [-0.15, -0.1) is 11.8 Å². The summed E-state index contributed by atoms with van der Waals surface area (Å²) in [4.78, 5) is 33.2. The molecule has 0 aliphatic carbocycles. The van der Waals surface area contributed by atoms with E-state index in [-0.39, 0.29) is 23.5 Å². The molecule has 2 atom stereocenters. The Morgan fingerprint density at radius 2 is 2.20 bits per heavy atom. The molecule has 0 aromatic heterocycles. The van der Waals surface area contributed by atoms with E-state index in [9.17, 15) is 14.4 Å². The predicted octanol–water partition coefficient (Wildman–Crippen LogP) is -0.396. The van der Waals surface area contributed by atoms with E-state index in [0.29, 0.717) is 6.54 Å². The van der Waals surface area contributed by atoms with Crippen LogP contribution in [-0.4, -0.2) is 59.7 Å². The second-order valence-corrected chi connectivity index (χ2v) is 5.58. The molecule has 0 saturated carbocycles. The molecule has 1 rings (SSSR count). The van der Waals surface area contributed by atoms with Crippen LogP contribution in [-0.2, 0) is 19.1 Å². The Morgan fingerprint density at radius 1 is 1.45 bits per heavy atom. The molecule has 1 saturated heterocycles. The van der Waals surface area contributed by atoms with Gasteiger partial charge in [0.25, 0.3) is 0 Å². The number of hydrogen-bond acceptors (Lipinski definition) is 5. The molecule has 2 unspecified atom stereocenters. The number of nitrogens with one attached hydrogen (secondary N) is 2. The average Bonchev–Trinajstić information content (AvgIpc) is 2.87. The second kappa shape index (κ2) is 8.80. The largest absolute Gasteiger partial charge is 0.480 e. The summed E-state index contributed by atoms with van der Waals surface area (Å²) in [7, 11) is 0. The number of hydrogen-bond donors (Lipinski definition) is 3. The lowest BCUT2D eigenvalue weighted by Gasteiger charge is -2.13. The van der Waals surface area contributed by atoms with Crippen molar-refractivity contribution in [2.75, 3.05) is 24.7 Å². The highest BCUT2D eigenvalue weighted by Gasteiger charge is 2.19. The van der Waals surface area contributed by atoms with Crippen molar-refractivity contribution < 1.29 is 24.2 Å². The first-order valence-electron chi connectivity index (χ1n) is 6.45. The van der Waals surface area contributed by atoms with Crippen molar-refractivity contribution >= 4 is 29.5 Å². The van der Waals surface area contributed by atoms with E-state index < -0.39 is 17.9 Å². The van der Waals surface area contributed by atoms with Gasteiger partial charge in [0.2, 0.25) is 11.8 Å². The fourth-order valence-electron chi connectivity index (χ4n) is 1.77. The number of carboxylic acids is 1. The zero-order valence-electron chi connectivity index (χ0n) is 11.4. The number of amides is 2. The summed E-state index contributed by atoms with van der Waals surface area (Å²) in [5.41, 5.74) is 0. The monoisotopic (exact) mass is 304 g/mol. The SMILES string of the molecule is CC(=O)NC(CSCC(=O)NCC1CCCO1)C(=O)O. The Kier molecular flexibility index (Phi) is 7.38. The van der Waals surface area contributed by atoms with Crippen LogP contribution in [0.15, 0.2) is 0 Å². The van der Waals surface area contributed by atoms with Crippen LogP contribution in [0.25, 0.3) is 0 Å². The first-order valence-corrected chi connectivity index (χ1v) is 7.60. The minimum Gasteiger partial charge on any atom is -0.480 e. The lowest BCUT2D eigenvalue weighted by molar-refractivity contribution is -0.140. The molecule has 1 heterocycles. The van der Waals surface area contributed by atoms with Gasteiger partial charge < -0.3 is 20.5 Å². The highest BCUT2D eigenvalue weighted by Crippen LogP contribution is 2.10. The standard InChI is InChI=1S/C12H20N2O5S/c1-8(15)14-10(12(17)18)6-20-7-11(16)13-5-9-3-2-4-19-9/h9-10H,2-7H2,1H3,(H,13,16)(H,14,15)(H,17,18). The van der Waals surface area contributed by atoms with E-state index in [2.05, 4.69) is 10.6 Å². The molecule has 3 N–H and O–H groups in total. The molecule has 0 spiro atoms. The van der Waals surface area contributed by atoms with Crippen molar-refractivity contribution in [2.24, 2.45) is 0 Å². The van der Waals surface area contributed by atoms with Crippen LogP contribution in [0.3, 0.4) is 0 Å². The smallest absolute Gasteiger partial charge is 0.327 e. The Morgan fingerprint density at radius 3 is 2.75 bits per heavy atom. The maximum absolute atomic E-state index is 11.6. The molecule has 1 aliphatic rings. The topological polar surface area (TPSA) is 105 Å². The van der Waals surface area contributed by atoms with Crippen LogP contribution < -0.4 is 10.6 Å². The van der Waals surface area contributed by atoms with Crippen molar-refractivity contribution in [1.82, 2.24) is 10.6 Å². The molecule has 1 fully saturated rings. The Balaban J connectivity index is 2.15. The Bertz CT molecular complexity index is 358. The van der Waals surface area contributed by atoms with Gasteiger partial charge in [0.05, 0.1) is 11.9 Å². The molecular formula is C12H20N2O5S. The number of aliphatic carboxylic acids is 1. The number of rotatable bonds is 8. The predicted molar refractivity (Wildman–Crippen MR) is 74.5 cm³/mol. The highest BCUT2D eigenvalue weighted by molar-refractivity contribution is 8.00. The number of thioether (sulfide) groups is 1. The van der Waals surface area contributed by atoms with Crippen molar-refractivity contribution in [3.05, 3.63) is 0 Å². The van der Waals surface area contributed by atoms with Gasteiger partial charge >= 0.3 is 5.97 Å². The number of ether oxygens (including phenoxy) is 1. The lowest BCUT2D eigenvalue weighted by atomic mass is 10.2. The molecule has 2 amide bonds. The minimum absolute atomic E-state index is 0.0927. The fourth-order valence-corrected chi connectivity index (χ4v) is 2.64. The van der Waals surface area contributed by atoms with E-state index in [4.69, 9.17) is 9.84 Å². The van der Waals surface area contributed by atoms with E-state index in [1.165, 1.54) is 18.7 Å². The molecule has 20 heavy (non-hydrogen) atoms. The fraction of sp³-hybridized carbons (Fsp3) is 0.750. The third-order valence-electron chi connectivity index (χ3n) is 2.74. The van der Waals surface area contributed by atoms with Crippen LogP contribution in [0, 0.1) is 0 Å². The van der Waals surface area contributed by atoms with Gasteiger partial charge in [-0.2, -0.15) is 0 Å². The molecule has 7 nitrogen and oxygen atoms in total. The number of carbonyl (C=O) groups is 3. The highest BCUT2D eigenvalue weighted by atomic mass is 32.2. The Labute approximate surface area is 121 Å². The van der Waals surface area contributed by atoms with Gasteiger partial charge in [-0.3, -0.25) is 9.59 Å². The summed E-state index contributed by atoms with van der Waals surface area (Å²) in [6.45, 7) is 2.49. The first kappa shape index (κ1) is 16.8. The zero-order valence-corrected chi connectivity index (χ0v) is 12.2. The summed E-state index contributed by atoms with van der Waals surface area (Å²) < 4.78 is 5.37. The third kappa shape index (κ3) is 6.76. The summed E-state index contributed by atoms with van der Waals surface area (Å²) >= 11 is 1.17. The molecule has 8 heteroatoms. The van der Waals surface area contributed by atoms with Crippen LogP contribution in [0.5, 0.6) is 0 Å². The van der Waals surface area contributed by atoms with Crippen molar-refractivity contribution in [2.45, 2.75) is 31.9 Å². The van der Waals surface area contributed by atoms with Crippen molar-refractivity contribution in [3.8, 4) is 0 Å². The van der Waals surface area contributed by atoms with Crippen LogP contribution >= 0.6 is 11.8 Å². The van der Waals surface area contributed by atoms with Crippen molar-refractivity contribution in [3.63, 3.8) is 0 Å². The first-order chi connectivity index (χ1) is 9.49. The van der Waals surface area contributed by atoms with Gasteiger partial charge in [0.15, 0.2) is 0 Å². The van der Waals surface area contributed by atoms with Gasteiger partial charge in [0, 0.05) is 25.8 Å². The molecule has 0 aromatic rings. The number of carboxylic acid groups (broad SMARTS) is 1. The van der Waals surface area contributed by atoms with Gasteiger partial charge in [-0.1, -0.05) is 0 Å². The summed E-state index contributed by atoms with van der Waals surface area (Å²) in [6.07, 6.45) is 2.07. The molecule has 0 bridgehead atoms. The summed E-state index contributed by atoms with van der Waals surface area (Å²) in [6, 6.07) is -0.969. The van der Waals surface area contributed by atoms with Crippen LogP contribution in [0.4, 0.5) is 0 Å². The number of carbonyl (C=O) groups excluding carboxylic acids is 2. The van der Waals surface area contributed by atoms with E-state index >= 15 is 0 Å². The Hall–Kier alpha value is -1.28. The maximum Gasteiger partial charge on any atom is 0.327 e. The second-order valence-electron chi connectivity index (χ2n) is 4.55. The van der Waals surface area contributed by atoms with Crippen molar-refractivity contribution in [1.29, 1.82) is 0 Å². The quantitative estimate of drug-likeness (QED) is 0.564. The van der Waals surface area contributed by atoms with Gasteiger partial charge in [0.1, 0.15) is 6.04 Å². The van der Waals surface area contributed by atoms with Crippen LogP contribution in [0.2, 0.25) is 0 Å². The minimum atomic E-state index is -1.10. The van der Waals surface area contributed by atoms with E-state index in [0.717, 1.165) is 19.4 Å².